The molecule has 8 aliphatic rings. The van der Waals surface area contributed by atoms with Gasteiger partial charge in [0.2, 0.25) is 0 Å². The molecule has 12 rings (SSSR count). The fourth-order valence-corrected chi connectivity index (χ4v) is 16.1. The summed E-state index contributed by atoms with van der Waals surface area (Å²) < 4.78 is 72.3. The third-order valence-corrected chi connectivity index (χ3v) is 20.4. The van der Waals surface area contributed by atoms with Gasteiger partial charge in [-0.15, -0.1) is 0 Å². The van der Waals surface area contributed by atoms with Crippen LogP contribution in [0.5, 0.6) is 0 Å². The van der Waals surface area contributed by atoms with Crippen LogP contribution in [-0.2, 0) is 56.9 Å². The molecule has 1 spiro atoms. The molecule has 20 atom stereocenters. The van der Waals surface area contributed by atoms with E-state index in [1.54, 1.807) is 128 Å². The van der Waals surface area contributed by atoms with Crippen molar-refractivity contribution in [3.63, 3.8) is 0 Å². The Balaban J connectivity index is 0.857. The highest BCUT2D eigenvalue weighted by Gasteiger charge is 2.69. The molecule has 7 fully saturated rings. The first-order chi connectivity index (χ1) is 40.5. The Bertz CT molecular complexity index is 3040. The lowest BCUT2D eigenvalue weighted by molar-refractivity contribution is -0.356. The Labute approximate surface area is 491 Å². The number of carbonyl (C=O) groups is 5. The van der Waals surface area contributed by atoms with Crippen LogP contribution < -0.4 is 0 Å². The molecule has 0 N–H and O–H groups in total. The quantitative estimate of drug-likeness (QED) is 0.0698. The summed E-state index contributed by atoms with van der Waals surface area (Å²) in [7, 11) is 0. The van der Waals surface area contributed by atoms with Crippen LogP contribution in [-0.4, -0.2) is 116 Å². The predicted octanol–water partition coefficient (Wildman–Crippen LogP) is 11.1. The molecule has 0 aromatic heterocycles. The third kappa shape index (κ3) is 11.2. The second-order valence-electron chi connectivity index (χ2n) is 25.4. The number of ether oxygens (including phenoxy) is 11. The van der Waals surface area contributed by atoms with Gasteiger partial charge in [-0.05, 0) is 147 Å². The molecule has 0 radical (unpaired) electrons. The Morgan fingerprint density at radius 1 is 0.560 bits per heavy atom. The van der Waals surface area contributed by atoms with E-state index in [1.807, 2.05) is 0 Å². The third-order valence-electron chi connectivity index (χ3n) is 20.4. The van der Waals surface area contributed by atoms with Crippen LogP contribution in [0, 0.1) is 46.3 Å². The summed E-state index contributed by atoms with van der Waals surface area (Å²) in [6.07, 6.45) is -1.95. The summed E-state index contributed by atoms with van der Waals surface area (Å²) >= 11 is 0. The van der Waals surface area contributed by atoms with E-state index >= 15 is 0 Å². The predicted molar refractivity (Wildman–Crippen MR) is 304 cm³/mol. The van der Waals surface area contributed by atoms with Crippen molar-refractivity contribution in [2.75, 3.05) is 13.2 Å². The van der Waals surface area contributed by atoms with Crippen molar-refractivity contribution in [1.29, 1.82) is 0 Å². The summed E-state index contributed by atoms with van der Waals surface area (Å²) in [5.41, 5.74) is 2.19. The maximum Gasteiger partial charge on any atom is 0.338 e. The van der Waals surface area contributed by atoms with E-state index in [-0.39, 0.29) is 45.8 Å². The SMILES string of the molecule is CC(=O)O[C@H]1CO[C@@H](O[C@H]2CC[C@@]3(C)C(=CC[C@H]4[C@@H]5C[C@@H]6O[C@]7(CC[C@@H](C)CO7)[C@@H](C)[C@@H]6[C@@]5(C)CC[C@@H]43)C2)[C@H](O[C@@H]2O[C@@H](C)[C@H](OC(=O)c3ccccc3)[C@@H](OC(=O)c3ccccc3)[C@H]2OC(=O)c2ccccc2)[C@H]1OC(=O)c1ccccc1. The van der Waals surface area contributed by atoms with Gasteiger partial charge >= 0.3 is 29.8 Å². The first-order valence-electron chi connectivity index (χ1n) is 30.3. The van der Waals surface area contributed by atoms with Crippen LogP contribution in [0.1, 0.15) is 141 Å². The maximum atomic E-state index is 14.4. The summed E-state index contributed by atoms with van der Waals surface area (Å²) in [5, 5.41) is 0. The summed E-state index contributed by atoms with van der Waals surface area (Å²) in [6, 6.07) is 33.1. The summed E-state index contributed by atoms with van der Waals surface area (Å²) in [6.45, 7) is 13.0. The molecule has 4 aliphatic heterocycles. The van der Waals surface area contributed by atoms with Crippen LogP contribution in [0.15, 0.2) is 133 Å². The van der Waals surface area contributed by atoms with Crippen molar-refractivity contribution in [3.05, 3.63) is 155 Å². The van der Waals surface area contributed by atoms with Gasteiger partial charge < -0.3 is 52.1 Å². The summed E-state index contributed by atoms with van der Waals surface area (Å²) in [5.74, 6) is -1.40. The molecule has 84 heavy (non-hydrogen) atoms. The zero-order chi connectivity index (χ0) is 58.5. The Hall–Kier alpha value is -6.27. The van der Waals surface area contributed by atoms with Crippen molar-refractivity contribution in [2.24, 2.45) is 46.3 Å². The van der Waals surface area contributed by atoms with Gasteiger partial charge in [0, 0.05) is 19.3 Å². The van der Waals surface area contributed by atoms with E-state index in [0.29, 0.717) is 48.3 Å². The Kier molecular flexibility index (Phi) is 16.5. The highest BCUT2D eigenvalue weighted by Crippen LogP contribution is 2.71. The monoisotopic (exact) mass is 1150 g/mol. The lowest BCUT2D eigenvalue weighted by Crippen LogP contribution is -2.65. The minimum absolute atomic E-state index is 0.0652. The van der Waals surface area contributed by atoms with E-state index in [0.717, 1.165) is 51.6 Å². The fraction of sp³-hybridized carbons (Fsp3) is 0.544. The van der Waals surface area contributed by atoms with Gasteiger partial charge in [0.05, 0.1) is 53.8 Å². The molecular weight excluding hydrogens is 1070 g/mol. The van der Waals surface area contributed by atoms with E-state index < -0.39 is 97.0 Å². The smallest absolute Gasteiger partial charge is 0.338 e. The second kappa shape index (κ2) is 23.9. The van der Waals surface area contributed by atoms with Gasteiger partial charge in [-0.1, -0.05) is 112 Å². The van der Waals surface area contributed by atoms with Crippen LogP contribution in [0.25, 0.3) is 0 Å². The molecule has 4 aliphatic carbocycles. The Morgan fingerprint density at radius 3 is 1.68 bits per heavy atom. The number of hydrogen-bond donors (Lipinski definition) is 0. The molecule has 0 amide bonds. The van der Waals surface area contributed by atoms with Crippen LogP contribution in [0.2, 0.25) is 0 Å². The summed E-state index contributed by atoms with van der Waals surface area (Å²) in [4.78, 5) is 69.9. The number of hydrogen-bond acceptors (Lipinski definition) is 16. The maximum absolute atomic E-state index is 14.4. The van der Waals surface area contributed by atoms with E-state index in [4.69, 9.17) is 52.1 Å². The zero-order valence-electron chi connectivity index (χ0n) is 48.7. The highest BCUT2D eigenvalue weighted by atomic mass is 16.8. The molecule has 4 aromatic carbocycles. The fourth-order valence-electron chi connectivity index (χ4n) is 16.1. The Morgan fingerprint density at radius 2 is 1.12 bits per heavy atom. The van der Waals surface area contributed by atoms with Crippen LogP contribution in [0.4, 0.5) is 0 Å². The molecule has 16 nitrogen and oxygen atoms in total. The largest absolute Gasteiger partial charge is 0.456 e. The number of esters is 5. The number of benzene rings is 4. The van der Waals surface area contributed by atoms with E-state index in [1.165, 1.54) is 12.5 Å². The van der Waals surface area contributed by atoms with Crippen LogP contribution in [0.3, 0.4) is 0 Å². The van der Waals surface area contributed by atoms with Gasteiger partial charge in [0.15, 0.2) is 55.0 Å². The topological polar surface area (TPSA) is 187 Å². The second-order valence-corrected chi connectivity index (χ2v) is 25.4. The van der Waals surface area contributed by atoms with Crippen molar-refractivity contribution in [1.82, 2.24) is 0 Å². The number of carbonyl (C=O) groups excluding carboxylic acids is 5. The molecule has 4 aromatic rings. The van der Waals surface area contributed by atoms with E-state index in [9.17, 15) is 24.0 Å². The van der Waals surface area contributed by atoms with Crippen molar-refractivity contribution >= 4 is 29.8 Å². The van der Waals surface area contributed by atoms with Gasteiger partial charge in [0.1, 0.15) is 0 Å². The molecule has 3 saturated carbocycles. The lowest BCUT2D eigenvalue weighted by atomic mass is 9.47. The van der Waals surface area contributed by atoms with Crippen molar-refractivity contribution in [2.45, 2.75) is 173 Å². The number of fused-ring (bicyclic) bond motifs is 7. The standard InChI is InChI=1S/C68H78O16/c1-39-29-34-68(75-37-39)40(2)54-52(84-68)36-51-49-28-27-47-35-48(30-32-66(47,5)50(49)31-33-67(51,54)6)78-64-58(56(53(38-74-64)77-42(4)69)80-61(71)44-21-13-8-14-22-44)83-65-59(82-63(73)46-25-17-10-18-26-46)57(81-62(72)45-23-15-9-16-24-45)55(41(3)76-65)79-60(70)43-19-11-7-12-20-43/h7-27,39-41,48-59,64-65H,28-38H2,1-6H3/t39-,40+,41+,48+,49-,50+,51+,52+,53+,54+,55+,56+,57-,58-,59-,64+,65+,66+,67+,68-/m1/s1. The minimum Gasteiger partial charge on any atom is -0.456 e. The molecule has 4 saturated heterocycles. The average molecular weight is 1150 g/mol. The molecule has 4 heterocycles. The first kappa shape index (κ1) is 58.1. The molecule has 0 bridgehead atoms. The molecule has 0 unspecified atom stereocenters. The van der Waals surface area contributed by atoms with Crippen molar-refractivity contribution < 1.29 is 76.1 Å². The van der Waals surface area contributed by atoms with Gasteiger partial charge in [-0.25, -0.2) is 19.2 Å². The normalized spacial score (nSPS) is 38.5. The van der Waals surface area contributed by atoms with Gasteiger partial charge in [0.25, 0.3) is 0 Å². The first-order valence-corrected chi connectivity index (χ1v) is 30.3. The molecule has 16 heteroatoms. The van der Waals surface area contributed by atoms with E-state index in [2.05, 4.69) is 33.8 Å². The number of allylic oxidation sites excluding steroid dienone is 1. The molecular formula is C68H78O16. The van der Waals surface area contributed by atoms with Crippen LogP contribution >= 0.6 is 0 Å². The van der Waals surface area contributed by atoms with Gasteiger partial charge in [-0.3, -0.25) is 4.79 Å². The minimum atomic E-state index is -1.68. The lowest BCUT2D eigenvalue weighted by Gasteiger charge is -2.58. The van der Waals surface area contributed by atoms with Crippen molar-refractivity contribution in [3.8, 4) is 0 Å². The van der Waals surface area contributed by atoms with Gasteiger partial charge in [-0.2, -0.15) is 0 Å². The number of rotatable bonds is 13. The zero-order valence-corrected chi connectivity index (χ0v) is 48.7. The molecule has 446 valence electrons. The average Bonchev–Trinajstić information content (AvgIpc) is 1.86. The highest BCUT2D eigenvalue weighted by molar-refractivity contribution is 5.91.